The molecular formula is C14H15ClN2O. The third-order valence-corrected chi connectivity index (χ3v) is 2.88. The minimum Gasteiger partial charge on any atom is -0.497 e. The highest BCUT2D eigenvalue weighted by Gasteiger charge is 2.07. The van der Waals surface area contributed by atoms with Crippen molar-refractivity contribution in [2.75, 3.05) is 12.4 Å². The molecule has 0 spiro atoms. The molecule has 0 saturated heterocycles. The van der Waals surface area contributed by atoms with Crippen molar-refractivity contribution in [1.29, 1.82) is 0 Å². The van der Waals surface area contributed by atoms with Crippen LogP contribution in [-0.2, 0) is 0 Å². The topological polar surface area (TPSA) is 34.1 Å². The van der Waals surface area contributed by atoms with Crippen LogP contribution in [0.3, 0.4) is 0 Å². The molecule has 1 aromatic carbocycles. The number of ether oxygens (including phenoxy) is 1. The Bertz CT molecular complexity index is 531. The smallest absolute Gasteiger partial charge is 0.131 e. The van der Waals surface area contributed by atoms with Gasteiger partial charge < -0.3 is 10.1 Å². The molecule has 0 amide bonds. The van der Waals surface area contributed by atoms with Gasteiger partial charge in [0.2, 0.25) is 0 Å². The molecule has 1 aromatic heterocycles. The molecule has 18 heavy (non-hydrogen) atoms. The zero-order valence-corrected chi connectivity index (χ0v) is 11.1. The lowest BCUT2D eigenvalue weighted by molar-refractivity contribution is 0.414. The average molecular weight is 263 g/mol. The van der Waals surface area contributed by atoms with Gasteiger partial charge in [-0.2, -0.15) is 0 Å². The van der Waals surface area contributed by atoms with Gasteiger partial charge in [0.15, 0.2) is 0 Å². The number of rotatable bonds is 4. The number of methoxy groups -OCH3 is 1. The fourth-order valence-electron chi connectivity index (χ4n) is 1.70. The summed E-state index contributed by atoms with van der Waals surface area (Å²) in [4.78, 5) is 4.20. The van der Waals surface area contributed by atoms with Gasteiger partial charge in [0.1, 0.15) is 16.7 Å². The highest BCUT2D eigenvalue weighted by molar-refractivity contribution is 6.29. The lowest BCUT2D eigenvalue weighted by Gasteiger charge is -2.15. The molecule has 0 aliphatic carbocycles. The van der Waals surface area contributed by atoms with Crippen molar-refractivity contribution in [3.8, 4) is 5.75 Å². The zero-order chi connectivity index (χ0) is 13.0. The predicted molar refractivity (Wildman–Crippen MR) is 74.3 cm³/mol. The third kappa shape index (κ3) is 3.14. The summed E-state index contributed by atoms with van der Waals surface area (Å²) in [7, 11) is 1.66. The Kier molecular flexibility index (Phi) is 4.05. The molecule has 4 heteroatoms. The third-order valence-electron chi connectivity index (χ3n) is 2.67. The molecule has 1 N–H and O–H groups in total. The van der Waals surface area contributed by atoms with Crippen LogP contribution in [0.1, 0.15) is 18.5 Å². The lowest BCUT2D eigenvalue weighted by Crippen LogP contribution is -2.07. The first-order valence-electron chi connectivity index (χ1n) is 5.72. The van der Waals surface area contributed by atoms with Crippen molar-refractivity contribution in [2.45, 2.75) is 13.0 Å². The second-order valence-electron chi connectivity index (χ2n) is 3.99. The number of aromatic nitrogens is 1. The summed E-state index contributed by atoms with van der Waals surface area (Å²) in [5.41, 5.74) is 1.14. The van der Waals surface area contributed by atoms with E-state index in [0.717, 1.165) is 17.1 Å². The van der Waals surface area contributed by atoms with E-state index in [9.17, 15) is 0 Å². The minimum atomic E-state index is 0.131. The van der Waals surface area contributed by atoms with Crippen LogP contribution in [0.2, 0.25) is 5.15 Å². The molecule has 0 saturated carbocycles. The Hall–Kier alpha value is -1.74. The van der Waals surface area contributed by atoms with Gasteiger partial charge >= 0.3 is 0 Å². The van der Waals surface area contributed by atoms with Crippen LogP contribution in [0.5, 0.6) is 5.75 Å². The van der Waals surface area contributed by atoms with Gasteiger partial charge in [0.25, 0.3) is 0 Å². The van der Waals surface area contributed by atoms with E-state index in [0.29, 0.717) is 5.15 Å². The maximum absolute atomic E-state index is 5.85. The maximum atomic E-state index is 5.85. The van der Waals surface area contributed by atoms with Crippen molar-refractivity contribution in [1.82, 2.24) is 4.98 Å². The van der Waals surface area contributed by atoms with Crippen LogP contribution in [0, 0.1) is 0 Å². The van der Waals surface area contributed by atoms with E-state index in [1.165, 1.54) is 0 Å². The molecule has 0 fully saturated rings. The van der Waals surface area contributed by atoms with Crippen molar-refractivity contribution in [2.24, 2.45) is 0 Å². The second-order valence-corrected chi connectivity index (χ2v) is 4.38. The van der Waals surface area contributed by atoms with Crippen molar-refractivity contribution >= 4 is 17.4 Å². The Morgan fingerprint density at radius 1 is 1.22 bits per heavy atom. The first-order chi connectivity index (χ1) is 8.69. The molecule has 0 aliphatic heterocycles. The number of hydrogen-bond acceptors (Lipinski definition) is 3. The first kappa shape index (κ1) is 12.7. The summed E-state index contributed by atoms with van der Waals surface area (Å²) in [6, 6.07) is 13.6. The van der Waals surface area contributed by atoms with Crippen molar-refractivity contribution in [3.05, 3.63) is 53.2 Å². The summed E-state index contributed by atoms with van der Waals surface area (Å²) in [6.45, 7) is 2.07. The highest BCUT2D eigenvalue weighted by Crippen LogP contribution is 2.22. The van der Waals surface area contributed by atoms with Gasteiger partial charge in [0.05, 0.1) is 13.2 Å². The summed E-state index contributed by atoms with van der Waals surface area (Å²) >= 11 is 5.85. The van der Waals surface area contributed by atoms with Crippen LogP contribution in [0.25, 0.3) is 0 Å². The maximum Gasteiger partial charge on any atom is 0.131 e. The van der Waals surface area contributed by atoms with Gasteiger partial charge in [-0.3, -0.25) is 0 Å². The van der Waals surface area contributed by atoms with Gasteiger partial charge in [-0.05, 0) is 36.8 Å². The molecule has 3 nitrogen and oxygen atoms in total. The highest BCUT2D eigenvalue weighted by atomic mass is 35.5. The van der Waals surface area contributed by atoms with E-state index >= 15 is 0 Å². The SMILES string of the molecule is COc1cccc(C(C)Nc2cccc(Cl)n2)c1. The van der Waals surface area contributed by atoms with Crippen molar-refractivity contribution in [3.63, 3.8) is 0 Å². The van der Waals surface area contributed by atoms with Gasteiger partial charge in [0, 0.05) is 0 Å². The number of pyridine rings is 1. The van der Waals surface area contributed by atoms with Crippen LogP contribution in [0.15, 0.2) is 42.5 Å². The molecule has 0 aliphatic rings. The molecule has 1 atom stereocenters. The van der Waals surface area contributed by atoms with Gasteiger partial charge in [-0.25, -0.2) is 4.98 Å². The number of benzene rings is 1. The first-order valence-corrected chi connectivity index (χ1v) is 6.10. The Balaban J connectivity index is 2.13. The molecule has 1 heterocycles. The number of halogens is 1. The molecule has 1 unspecified atom stereocenters. The standard InChI is InChI=1S/C14H15ClN2O/c1-10(11-5-3-6-12(9-11)18-2)16-14-8-4-7-13(15)17-14/h3-10H,1-2H3,(H,16,17). The number of nitrogens with zero attached hydrogens (tertiary/aromatic N) is 1. The van der Waals surface area contributed by atoms with E-state index in [4.69, 9.17) is 16.3 Å². The summed E-state index contributed by atoms with van der Waals surface area (Å²) in [5.74, 6) is 1.61. The average Bonchev–Trinajstić information content (AvgIpc) is 2.39. The van der Waals surface area contributed by atoms with Crippen LogP contribution >= 0.6 is 11.6 Å². The largest absolute Gasteiger partial charge is 0.497 e. The van der Waals surface area contributed by atoms with E-state index < -0.39 is 0 Å². The lowest BCUT2D eigenvalue weighted by atomic mass is 10.1. The second kappa shape index (κ2) is 5.74. The monoisotopic (exact) mass is 262 g/mol. The Morgan fingerprint density at radius 3 is 2.72 bits per heavy atom. The molecule has 94 valence electrons. The molecular weight excluding hydrogens is 248 g/mol. The minimum absolute atomic E-state index is 0.131. The van der Waals surface area contributed by atoms with Crippen LogP contribution in [0.4, 0.5) is 5.82 Å². The fourth-order valence-corrected chi connectivity index (χ4v) is 1.87. The normalized spacial score (nSPS) is 11.9. The predicted octanol–water partition coefficient (Wildman–Crippen LogP) is 3.92. The number of nitrogens with one attached hydrogen (secondary N) is 1. The quantitative estimate of drug-likeness (QED) is 0.848. The molecule has 0 radical (unpaired) electrons. The van der Waals surface area contributed by atoms with Gasteiger partial charge in [-0.15, -0.1) is 0 Å². The Labute approximate surface area is 112 Å². The van der Waals surface area contributed by atoms with Gasteiger partial charge in [-0.1, -0.05) is 29.8 Å². The van der Waals surface area contributed by atoms with Crippen LogP contribution < -0.4 is 10.1 Å². The number of anilines is 1. The Morgan fingerprint density at radius 2 is 2.00 bits per heavy atom. The van der Waals surface area contributed by atoms with Crippen LogP contribution in [-0.4, -0.2) is 12.1 Å². The van der Waals surface area contributed by atoms with E-state index in [1.807, 2.05) is 36.4 Å². The molecule has 2 rings (SSSR count). The molecule has 2 aromatic rings. The summed E-state index contributed by atoms with van der Waals surface area (Å²) < 4.78 is 5.21. The summed E-state index contributed by atoms with van der Waals surface area (Å²) in [5, 5.41) is 3.78. The fraction of sp³-hybridized carbons (Fsp3) is 0.214. The summed E-state index contributed by atoms with van der Waals surface area (Å²) in [6.07, 6.45) is 0. The van der Waals surface area contributed by atoms with E-state index in [1.54, 1.807) is 13.2 Å². The van der Waals surface area contributed by atoms with E-state index in [-0.39, 0.29) is 6.04 Å². The zero-order valence-electron chi connectivity index (χ0n) is 10.4. The molecule has 0 bridgehead atoms. The number of hydrogen-bond donors (Lipinski definition) is 1. The van der Waals surface area contributed by atoms with Crippen molar-refractivity contribution < 1.29 is 4.74 Å². The van der Waals surface area contributed by atoms with E-state index in [2.05, 4.69) is 17.2 Å².